The minimum absolute atomic E-state index is 0.0924. The standard InChI is InChI=1S/C13H18N2O2/c1-8-7-11(17-3)9(2)6-10(8)15-12(16)13(14)4-5-13/h6-7H,4-5,14H2,1-3H3,(H,15,16). The van der Waals surface area contributed by atoms with Crippen molar-refractivity contribution in [2.75, 3.05) is 12.4 Å². The third-order valence-corrected chi connectivity index (χ3v) is 3.23. The fraction of sp³-hybridized carbons (Fsp3) is 0.462. The Labute approximate surface area is 101 Å². The van der Waals surface area contributed by atoms with Crippen molar-refractivity contribution in [3.8, 4) is 5.75 Å². The summed E-state index contributed by atoms with van der Waals surface area (Å²) >= 11 is 0. The van der Waals surface area contributed by atoms with Crippen LogP contribution in [0.5, 0.6) is 5.75 Å². The molecule has 0 aliphatic heterocycles. The molecule has 1 fully saturated rings. The third-order valence-electron chi connectivity index (χ3n) is 3.23. The van der Waals surface area contributed by atoms with Gasteiger partial charge >= 0.3 is 0 Å². The van der Waals surface area contributed by atoms with Crippen LogP contribution in [0.3, 0.4) is 0 Å². The van der Waals surface area contributed by atoms with Crippen LogP contribution in [0, 0.1) is 13.8 Å². The fourth-order valence-electron chi connectivity index (χ4n) is 1.75. The first kappa shape index (κ1) is 11.9. The molecular formula is C13H18N2O2. The van der Waals surface area contributed by atoms with E-state index >= 15 is 0 Å². The maximum Gasteiger partial charge on any atom is 0.244 e. The number of amides is 1. The molecule has 17 heavy (non-hydrogen) atoms. The molecule has 1 aliphatic carbocycles. The van der Waals surface area contributed by atoms with E-state index in [2.05, 4.69) is 5.32 Å². The molecule has 1 saturated carbocycles. The van der Waals surface area contributed by atoms with Crippen molar-refractivity contribution in [2.24, 2.45) is 5.73 Å². The van der Waals surface area contributed by atoms with Crippen molar-refractivity contribution in [1.29, 1.82) is 0 Å². The lowest BCUT2D eigenvalue weighted by Gasteiger charge is -2.14. The summed E-state index contributed by atoms with van der Waals surface area (Å²) in [5.74, 6) is 0.736. The Hall–Kier alpha value is -1.55. The number of carbonyl (C=O) groups is 1. The number of aryl methyl sites for hydroxylation is 2. The summed E-state index contributed by atoms with van der Waals surface area (Å²) < 4.78 is 5.23. The van der Waals surface area contributed by atoms with Crippen LogP contribution >= 0.6 is 0 Å². The number of methoxy groups -OCH3 is 1. The number of hydrogen-bond acceptors (Lipinski definition) is 3. The third kappa shape index (κ3) is 2.26. The summed E-state index contributed by atoms with van der Waals surface area (Å²) in [5, 5.41) is 2.89. The Morgan fingerprint density at radius 2 is 2.00 bits per heavy atom. The topological polar surface area (TPSA) is 64.3 Å². The van der Waals surface area contributed by atoms with Gasteiger partial charge in [-0.3, -0.25) is 4.79 Å². The lowest BCUT2D eigenvalue weighted by atomic mass is 10.1. The minimum atomic E-state index is -0.639. The van der Waals surface area contributed by atoms with E-state index in [1.807, 2.05) is 26.0 Å². The molecule has 92 valence electrons. The van der Waals surface area contributed by atoms with Gasteiger partial charge in [-0.1, -0.05) is 0 Å². The van der Waals surface area contributed by atoms with E-state index in [1.54, 1.807) is 7.11 Å². The van der Waals surface area contributed by atoms with Crippen LogP contribution in [-0.4, -0.2) is 18.6 Å². The molecule has 0 saturated heterocycles. The first-order valence-electron chi connectivity index (χ1n) is 5.72. The number of carbonyl (C=O) groups excluding carboxylic acids is 1. The zero-order valence-electron chi connectivity index (χ0n) is 10.5. The minimum Gasteiger partial charge on any atom is -0.496 e. The molecule has 1 aliphatic rings. The van der Waals surface area contributed by atoms with Gasteiger partial charge in [0, 0.05) is 5.69 Å². The summed E-state index contributed by atoms with van der Waals surface area (Å²) in [7, 11) is 1.64. The van der Waals surface area contributed by atoms with Crippen LogP contribution in [0.15, 0.2) is 12.1 Å². The van der Waals surface area contributed by atoms with Crippen LogP contribution in [0.2, 0.25) is 0 Å². The first-order valence-corrected chi connectivity index (χ1v) is 5.72. The molecule has 4 nitrogen and oxygen atoms in total. The summed E-state index contributed by atoms with van der Waals surface area (Å²) in [6.45, 7) is 3.89. The van der Waals surface area contributed by atoms with Gasteiger partial charge in [0.1, 0.15) is 5.75 Å². The quantitative estimate of drug-likeness (QED) is 0.837. The van der Waals surface area contributed by atoms with Crippen molar-refractivity contribution >= 4 is 11.6 Å². The molecule has 3 N–H and O–H groups in total. The zero-order valence-corrected chi connectivity index (χ0v) is 10.5. The zero-order chi connectivity index (χ0) is 12.6. The Balaban J connectivity index is 2.21. The Kier molecular flexibility index (Phi) is 2.83. The van der Waals surface area contributed by atoms with Crippen LogP contribution in [0.1, 0.15) is 24.0 Å². The predicted molar refractivity (Wildman–Crippen MR) is 67.3 cm³/mol. The molecule has 0 aromatic heterocycles. The molecule has 1 aromatic carbocycles. The van der Waals surface area contributed by atoms with E-state index in [0.717, 1.165) is 35.4 Å². The van der Waals surface area contributed by atoms with Crippen molar-refractivity contribution < 1.29 is 9.53 Å². The smallest absolute Gasteiger partial charge is 0.244 e. The average molecular weight is 234 g/mol. The molecule has 0 unspecified atom stereocenters. The number of rotatable bonds is 3. The molecule has 0 bridgehead atoms. The highest BCUT2D eigenvalue weighted by Gasteiger charge is 2.46. The maximum atomic E-state index is 11.8. The number of anilines is 1. The van der Waals surface area contributed by atoms with Crippen LogP contribution < -0.4 is 15.8 Å². The van der Waals surface area contributed by atoms with Crippen LogP contribution in [-0.2, 0) is 4.79 Å². The monoisotopic (exact) mass is 234 g/mol. The van der Waals surface area contributed by atoms with Gasteiger partial charge in [-0.05, 0) is 49.9 Å². The molecule has 0 heterocycles. The second kappa shape index (κ2) is 4.04. The van der Waals surface area contributed by atoms with Crippen molar-refractivity contribution in [1.82, 2.24) is 0 Å². The van der Waals surface area contributed by atoms with Crippen molar-refractivity contribution in [3.63, 3.8) is 0 Å². The highest BCUT2D eigenvalue weighted by Crippen LogP contribution is 2.34. The van der Waals surface area contributed by atoms with Crippen LogP contribution in [0.25, 0.3) is 0 Å². The van der Waals surface area contributed by atoms with E-state index in [-0.39, 0.29) is 5.91 Å². The van der Waals surface area contributed by atoms with Crippen LogP contribution in [0.4, 0.5) is 5.69 Å². The Morgan fingerprint density at radius 1 is 1.35 bits per heavy atom. The lowest BCUT2D eigenvalue weighted by Crippen LogP contribution is -2.38. The van der Waals surface area contributed by atoms with Gasteiger partial charge in [-0.25, -0.2) is 0 Å². The fourth-order valence-corrected chi connectivity index (χ4v) is 1.75. The molecule has 0 spiro atoms. The van der Waals surface area contributed by atoms with E-state index in [1.165, 1.54) is 0 Å². The van der Waals surface area contributed by atoms with E-state index in [9.17, 15) is 4.79 Å². The second-order valence-electron chi connectivity index (χ2n) is 4.75. The Bertz CT molecular complexity index is 465. The largest absolute Gasteiger partial charge is 0.496 e. The number of nitrogens with one attached hydrogen (secondary N) is 1. The molecule has 0 radical (unpaired) electrons. The SMILES string of the molecule is COc1cc(C)c(NC(=O)C2(N)CC2)cc1C. The van der Waals surface area contributed by atoms with Gasteiger partial charge in [0.05, 0.1) is 12.6 Å². The first-order chi connectivity index (χ1) is 7.96. The van der Waals surface area contributed by atoms with Gasteiger partial charge in [-0.2, -0.15) is 0 Å². The highest BCUT2D eigenvalue weighted by atomic mass is 16.5. The van der Waals surface area contributed by atoms with Gasteiger partial charge < -0.3 is 15.8 Å². The number of nitrogens with two attached hydrogens (primary N) is 1. The second-order valence-corrected chi connectivity index (χ2v) is 4.75. The van der Waals surface area contributed by atoms with E-state index in [4.69, 9.17) is 10.5 Å². The lowest BCUT2D eigenvalue weighted by molar-refractivity contribution is -0.118. The van der Waals surface area contributed by atoms with E-state index in [0.29, 0.717) is 0 Å². The van der Waals surface area contributed by atoms with Gasteiger partial charge in [-0.15, -0.1) is 0 Å². The predicted octanol–water partition coefficient (Wildman–Crippen LogP) is 1.74. The molecule has 1 aromatic rings. The highest BCUT2D eigenvalue weighted by molar-refractivity contribution is 6.00. The number of benzene rings is 1. The summed E-state index contributed by atoms with van der Waals surface area (Å²) in [5.41, 5.74) is 7.99. The summed E-state index contributed by atoms with van der Waals surface area (Å²) in [4.78, 5) is 11.8. The Morgan fingerprint density at radius 3 is 2.53 bits per heavy atom. The maximum absolute atomic E-state index is 11.8. The molecule has 2 rings (SSSR count). The normalized spacial score (nSPS) is 16.5. The number of hydrogen-bond donors (Lipinski definition) is 2. The number of ether oxygens (including phenoxy) is 1. The summed E-state index contributed by atoms with van der Waals surface area (Å²) in [6, 6.07) is 3.83. The summed E-state index contributed by atoms with van der Waals surface area (Å²) in [6.07, 6.45) is 1.54. The molecular weight excluding hydrogens is 216 g/mol. The van der Waals surface area contributed by atoms with Gasteiger partial charge in [0.2, 0.25) is 5.91 Å². The van der Waals surface area contributed by atoms with Gasteiger partial charge in [0.15, 0.2) is 0 Å². The van der Waals surface area contributed by atoms with Gasteiger partial charge in [0.25, 0.3) is 0 Å². The van der Waals surface area contributed by atoms with Crippen molar-refractivity contribution in [2.45, 2.75) is 32.2 Å². The molecule has 0 atom stereocenters. The van der Waals surface area contributed by atoms with Crippen molar-refractivity contribution in [3.05, 3.63) is 23.3 Å². The molecule has 1 amide bonds. The van der Waals surface area contributed by atoms with E-state index < -0.39 is 5.54 Å². The average Bonchev–Trinajstić information content (AvgIpc) is 3.02. The molecule has 4 heteroatoms.